The lowest BCUT2D eigenvalue weighted by Crippen LogP contribution is -2.40. The first kappa shape index (κ1) is 17.0. The number of Topliss-reactive ketones (excluding diaryl/α,β-unsaturated/α-hetero) is 1. The fourth-order valence-corrected chi connectivity index (χ4v) is 3.92. The van der Waals surface area contributed by atoms with Crippen LogP contribution in [0.25, 0.3) is 0 Å². The summed E-state index contributed by atoms with van der Waals surface area (Å²) in [6.45, 7) is 12.2. The van der Waals surface area contributed by atoms with Gasteiger partial charge in [0.15, 0.2) is 0 Å². The summed E-state index contributed by atoms with van der Waals surface area (Å²) < 4.78 is 0. The second kappa shape index (κ2) is 8.28. The van der Waals surface area contributed by atoms with Crippen LogP contribution in [-0.2, 0) is 4.79 Å². The smallest absolute Gasteiger partial charge is 0.146 e. The van der Waals surface area contributed by atoms with Crippen molar-refractivity contribution in [2.75, 3.05) is 32.7 Å². The molecule has 0 aromatic heterocycles. The van der Waals surface area contributed by atoms with E-state index in [9.17, 15) is 4.79 Å². The van der Waals surface area contributed by atoms with Crippen molar-refractivity contribution < 1.29 is 4.79 Å². The highest BCUT2D eigenvalue weighted by molar-refractivity contribution is 5.80. The molecule has 0 radical (unpaired) electrons. The predicted octanol–water partition coefficient (Wildman–Crippen LogP) is 3.19. The summed E-state index contributed by atoms with van der Waals surface area (Å²) in [5, 5.41) is 0. The lowest BCUT2D eigenvalue weighted by atomic mass is 9.82. The SMILES string of the molecule is CCC(=O)CN1CCC(CC2CCN(C(C)C)CC2)CC1. The van der Waals surface area contributed by atoms with Crippen molar-refractivity contribution in [2.24, 2.45) is 11.8 Å². The van der Waals surface area contributed by atoms with E-state index < -0.39 is 0 Å². The molecule has 0 spiro atoms. The Kier molecular flexibility index (Phi) is 6.69. The largest absolute Gasteiger partial charge is 0.301 e. The Morgan fingerprint density at radius 2 is 1.52 bits per heavy atom. The van der Waals surface area contributed by atoms with Crippen molar-refractivity contribution in [2.45, 2.75) is 65.3 Å². The molecule has 21 heavy (non-hydrogen) atoms. The summed E-state index contributed by atoms with van der Waals surface area (Å²) in [5.41, 5.74) is 0. The second-order valence-corrected chi connectivity index (χ2v) is 7.42. The number of carbonyl (C=O) groups excluding carboxylic acids is 1. The van der Waals surface area contributed by atoms with E-state index in [-0.39, 0.29) is 0 Å². The van der Waals surface area contributed by atoms with Gasteiger partial charge < -0.3 is 4.90 Å². The average Bonchev–Trinajstić information content (AvgIpc) is 2.49. The van der Waals surface area contributed by atoms with E-state index in [2.05, 4.69) is 23.6 Å². The molecule has 0 bridgehead atoms. The van der Waals surface area contributed by atoms with Crippen LogP contribution in [0.3, 0.4) is 0 Å². The molecule has 0 aromatic rings. The number of piperidine rings is 2. The molecule has 0 aromatic carbocycles. The third kappa shape index (κ3) is 5.37. The first-order chi connectivity index (χ1) is 10.1. The maximum atomic E-state index is 11.5. The van der Waals surface area contributed by atoms with E-state index in [1.54, 1.807) is 0 Å². The predicted molar refractivity (Wildman–Crippen MR) is 88.5 cm³/mol. The van der Waals surface area contributed by atoms with E-state index >= 15 is 0 Å². The summed E-state index contributed by atoms with van der Waals surface area (Å²) in [6.07, 6.45) is 7.53. The van der Waals surface area contributed by atoms with Gasteiger partial charge in [-0.25, -0.2) is 0 Å². The van der Waals surface area contributed by atoms with Crippen molar-refractivity contribution >= 4 is 5.78 Å². The maximum absolute atomic E-state index is 11.5. The molecule has 2 fully saturated rings. The van der Waals surface area contributed by atoms with Crippen molar-refractivity contribution in [3.8, 4) is 0 Å². The first-order valence-electron chi connectivity index (χ1n) is 9.06. The number of ketones is 1. The van der Waals surface area contributed by atoms with Gasteiger partial charge in [-0.05, 0) is 84.0 Å². The Labute approximate surface area is 131 Å². The highest BCUT2D eigenvalue weighted by Gasteiger charge is 2.26. The zero-order valence-corrected chi connectivity index (χ0v) is 14.3. The summed E-state index contributed by atoms with van der Waals surface area (Å²) >= 11 is 0. The fourth-order valence-electron chi connectivity index (χ4n) is 3.92. The summed E-state index contributed by atoms with van der Waals surface area (Å²) in [7, 11) is 0. The Hall–Kier alpha value is -0.410. The van der Waals surface area contributed by atoms with Crippen LogP contribution in [0.1, 0.15) is 59.3 Å². The zero-order chi connectivity index (χ0) is 15.2. The van der Waals surface area contributed by atoms with Gasteiger partial charge in [-0.3, -0.25) is 9.69 Å². The third-order valence-electron chi connectivity index (χ3n) is 5.55. The Morgan fingerprint density at radius 1 is 1.00 bits per heavy atom. The van der Waals surface area contributed by atoms with Crippen molar-refractivity contribution in [1.29, 1.82) is 0 Å². The normalized spacial score (nSPS) is 23.8. The molecule has 2 saturated heterocycles. The summed E-state index contributed by atoms with van der Waals surface area (Å²) in [5.74, 6) is 2.26. The topological polar surface area (TPSA) is 23.6 Å². The second-order valence-electron chi connectivity index (χ2n) is 7.42. The minimum absolute atomic E-state index is 0.398. The van der Waals surface area contributed by atoms with Gasteiger partial charge in [-0.15, -0.1) is 0 Å². The van der Waals surface area contributed by atoms with Crippen LogP contribution < -0.4 is 0 Å². The molecule has 2 aliphatic rings. The molecule has 122 valence electrons. The third-order valence-corrected chi connectivity index (χ3v) is 5.55. The average molecular weight is 294 g/mol. The maximum Gasteiger partial charge on any atom is 0.146 e. The summed E-state index contributed by atoms with van der Waals surface area (Å²) in [4.78, 5) is 16.5. The molecule has 0 atom stereocenters. The van der Waals surface area contributed by atoms with Crippen LogP contribution in [0, 0.1) is 11.8 Å². The van der Waals surface area contributed by atoms with Gasteiger partial charge >= 0.3 is 0 Å². The summed E-state index contributed by atoms with van der Waals surface area (Å²) in [6, 6.07) is 0.713. The van der Waals surface area contributed by atoms with Crippen LogP contribution in [-0.4, -0.2) is 54.3 Å². The lowest BCUT2D eigenvalue weighted by Gasteiger charge is -2.38. The van der Waals surface area contributed by atoms with Gasteiger partial charge in [0.05, 0.1) is 6.54 Å². The molecule has 0 amide bonds. The van der Waals surface area contributed by atoms with Crippen LogP contribution in [0.4, 0.5) is 0 Å². The highest BCUT2D eigenvalue weighted by atomic mass is 16.1. The van der Waals surface area contributed by atoms with Crippen molar-refractivity contribution in [3.05, 3.63) is 0 Å². The zero-order valence-electron chi connectivity index (χ0n) is 14.3. The van der Waals surface area contributed by atoms with Crippen LogP contribution in [0.5, 0.6) is 0 Å². The molecule has 2 aliphatic heterocycles. The standard InChI is InChI=1S/C18H34N2O/c1-4-18(21)14-19-9-5-16(6-10-19)13-17-7-11-20(12-8-17)15(2)3/h15-17H,4-14H2,1-3H3. The molecule has 0 aliphatic carbocycles. The number of likely N-dealkylation sites (tertiary alicyclic amines) is 2. The molecule has 3 heteroatoms. The van der Waals surface area contributed by atoms with Gasteiger partial charge in [0, 0.05) is 12.5 Å². The molecule has 2 rings (SSSR count). The fraction of sp³-hybridized carbons (Fsp3) is 0.944. The quantitative estimate of drug-likeness (QED) is 0.751. The highest BCUT2D eigenvalue weighted by Crippen LogP contribution is 2.30. The number of hydrogen-bond donors (Lipinski definition) is 0. The van der Waals surface area contributed by atoms with E-state index in [4.69, 9.17) is 0 Å². The Bertz CT molecular complexity index is 313. The first-order valence-corrected chi connectivity index (χ1v) is 9.06. The molecular weight excluding hydrogens is 260 g/mol. The van der Waals surface area contributed by atoms with Gasteiger partial charge in [0.1, 0.15) is 5.78 Å². The number of nitrogens with zero attached hydrogens (tertiary/aromatic N) is 2. The minimum Gasteiger partial charge on any atom is -0.301 e. The monoisotopic (exact) mass is 294 g/mol. The molecule has 0 N–H and O–H groups in total. The van der Waals surface area contributed by atoms with Gasteiger partial charge in [-0.1, -0.05) is 6.92 Å². The van der Waals surface area contributed by atoms with Crippen molar-refractivity contribution in [1.82, 2.24) is 9.80 Å². The Balaban J connectivity index is 1.64. The number of rotatable bonds is 6. The van der Waals surface area contributed by atoms with E-state index in [1.807, 2.05) is 6.92 Å². The molecule has 3 nitrogen and oxygen atoms in total. The number of carbonyl (C=O) groups is 1. The molecular formula is C18H34N2O. The van der Waals surface area contributed by atoms with Crippen LogP contribution >= 0.6 is 0 Å². The van der Waals surface area contributed by atoms with Gasteiger partial charge in [-0.2, -0.15) is 0 Å². The van der Waals surface area contributed by atoms with Crippen LogP contribution in [0.15, 0.2) is 0 Å². The van der Waals surface area contributed by atoms with Crippen molar-refractivity contribution in [3.63, 3.8) is 0 Å². The molecule has 2 heterocycles. The van der Waals surface area contributed by atoms with Gasteiger partial charge in [0.25, 0.3) is 0 Å². The molecule has 0 saturated carbocycles. The van der Waals surface area contributed by atoms with Gasteiger partial charge in [0.2, 0.25) is 0 Å². The lowest BCUT2D eigenvalue weighted by molar-refractivity contribution is -0.120. The van der Waals surface area contributed by atoms with E-state index in [0.717, 1.165) is 24.9 Å². The Morgan fingerprint density at radius 3 is 2.00 bits per heavy atom. The van der Waals surface area contributed by atoms with E-state index in [0.29, 0.717) is 24.8 Å². The number of hydrogen-bond acceptors (Lipinski definition) is 3. The van der Waals surface area contributed by atoms with Crippen LogP contribution in [0.2, 0.25) is 0 Å². The minimum atomic E-state index is 0.398. The van der Waals surface area contributed by atoms with E-state index in [1.165, 1.54) is 45.2 Å². The molecule has 0 unspecified atom stereocenters.